The van der Waals surface area contributed by atoms with Gasteiger partial charge in [0.2, 0.25) is 5.88 Å². The Morgan fingerprint density at radius 2 is 2.07 bits per heavy atom. The molecule has 2 aliphatic rings. The number of aromatic nitrogens is 3. The van der Waals surface area contributed by atoms with Gasteiger partial charge in [-0.15, -0.1) is 0 Å². The van der Waals surface area contributed by atoms with Crippen LogP contribution in [0.2, 0.25) is 0 Å². The van der Waals surface area contributed by atoms with E-state index in [9.17, 15) is 21.6 Å². The number of ether oxygens (including phenoxy) is 1. The van der Waals surface area contributed by atoms with Crippen molar-refractivity contribution in [2.45, 2.75) is 31.4 Å². The molecule has 1 spiro atoms. The van der Waals surface area contributed by atoms with Crippen molar-refractivity contribution in [3.63, 3.8) is 0 Å². The first-order valence-corrected chi connectivity index (χ1v) is 10.3. The zero-order chi connectivity index (χ0) is 20.9. The fourth-order valence-corrected chi connectivity index (χ4v) is 4.41. The predicted molar refractivity (Wildman–Crippen MR) is 92.8 cm³/mol. The number of pyridine rings is 1. The summed E-state index contributed by atoms with van der Waals surface area (Å²) in [5, 5.41) is 9.17. The molecule has 0 radical (unpaired) electrons. The van der Waals surface area contributed by atoms with Crippen molar-refractivity contribution in [1.82, 2.24) is 19.4 Å². The van der Waals surface area contributed by atoms with Crippen LogP contribution in [0.5, 0.6) is 5.88 Å². The number of hydrogen-bond donors (Lipinski definition) is 1. The van der Waals surface area contributed by atoms with Gasteiger partial charge in [0.05, 0.1) is 0 Å². The summed E-state index contributed by atoms with van der Waals surface area (Å²) in [4.78, 5) is 8.11. The molecule has 1 atom stereocenters. The molecule has 13 heteroatoms. The van der Waals surface area contributed by atoms with Crippen LogP contribution >= 0.6 is 0 Å². The summed E-state index contributed by atoms with van der Waals surface area (Å²) >= 11 is 0. The lowest BCUT2D eigenvalue weighted by molar-refractivity contribution is -0.154. The highest BCUT2D eigenvalue weighted by Crippen LogP contribution is 2.64. The molecular formula is C16H18F3N5O4S. The Morgan fingerprint density at radius 3 is 2.72 bits per heavy atom. The number of halogens is 3. The Hall–Kier alpha value is -2.25. The molecule has 1 aliphatic heterocycles. The molecule has 0 unspecified atom stereocenters. The third-order valence-corrected chi connectivity index (χ3v) is 6.47. The van der Waals surface area contributed by atoms with E-state index in [0.29, 0.717) is 37.3 Å². The van der Waals surface area contributed by atoms with Crippen molar-refractivity contribution < 1.29 is 30.8 Å². The first-order valence-electron chi connectivity index (χ1n) is 8.83. The minimum absolute atomic E-state index is 0.0467. The van der Waals surface area contributed by atoms with Gasteiger partial charge >= 0.3 is 6.18 Å². The Labute approximate surface area is 164 Å². The van der Waals surface area contributed by atoms with Crippen LogP contribution in [0.1, 0.15) is 31.0 Å². The fourth-order valence-electron chi connectivity index (χ4n) is 3.72. The van der Waals surface area contributed by atoms with Crippen molar-refractivity contribution in [1.29, 1.82) is 0 Å². The lowest BCUT2D eigenvalue weighted by Crippen LogP contribution is -2.43. The number of nitrogens with two attached hydrogens (primary N) is 1. The molecule has 2 aromatic rings. The Morgan fingerprint density at radius 1 is 1.34 bits per heavy atom. The van der Waals surface area contributed by atoms with Crippen LogP contribution in [0.3, 0.4) is 0 Å². The van der Waals surface area contributed by atoms with Gasteiger partial charge in [-0.25, -0.2) is 10.1 Å². The minimum atomic E-state index is -4.46. The number of hydrogen-bond acceptors (Lipinski definition) is 7. The largest absolute Gasteiger partial charge is 0.468 e. The normalized spacial score (nSPS) is 22.0. The van der Waals surface area contributed by atoms with Crippen molar-refractivity contribution in [3.05, 3.63) is 24.2 Å². The van der Waals surface area contributed by atoms with Crippen molar-refractivity contribution in [3.8, 4) is 17.3 Å². The van der Waals surface area contributed by atoms with E-state index >= 15 is 0 Å². The van der Waals surface area contributed by atoms with Gasteiger partial charge in [-0.3, -0.25) is 0 Å². The van der Waals surface area contributed by atoms with E-state index in [2.05, 4.69) is 19.9 Å². The number of piperidine rings is 1. The molecule has 2 N–H and O–H groups in total. The smallest absolute Gasteiger partial charge is 0.422 e. The van der Waals surface area contributed by atoms with Gasteiger partial charge in [0.1, 0.15) is 0 Å². The second-order valence-corrected chi connectivity index (χ2v) is 8.85. The van der Waals surface area contributed by atoms with Crippen molar-refractivity contribution in [2.75, 3.05) is 19.7 Å². The highest BCUT2D eigenvalue weighted by atomic mass is 32.2. The van der Waals surface area contributed by atoms with Crippen LogP contribution in [0.15, 0.2) is 22.9 Å². The predicted octanol–water partition coefficient (Wildman–Crippen LogP) is 1.85. The fraction of sp³-hybridized carbons (Fsp3) is 0.562. The van der Waals surface area contributed by atoms with E-state index in [0.717, 1.165) is 6.42 Å². The molecule has 1 aliphatic carbocycles. The molecule has 0 aromatic carbocycles. The molecule has 0 bridgehead atoms. The second kappa shape index (κ2) is 6.92. The molecule has 0 amide bonds. The van der Waals surface area contributed by atoms with E-state index in [4.69, 9.17) is 9.66 Å². The van der Waals surface area contributed by atoms with E-state index in [1.54, 1.807) is 0 Å². The third-order valence-electron chi connectivity index (χ3n) is 5.39. The maximum Gasteiger partial charge on any atom is 0.422 e. The van der Waals surface area contributed by atoms with Crippen LogP contribution in [-0.2, 0) is 10.2 Å². The molecule has 2 aromatic heterocycles. The first-order chi connectivity index (χ1) is 13.6. The topological polar surface area (TPSA) is 124 Å². The monoisotopic (exact) mass is 433 g/mol. The molecule has 4 rings (SSSR count). The molecule has 1 saturated carbocycles. The lowest BCUT2D eigenvalue weighted by Gasteiger charge is -2.30. The summed E-state index contributed by atoms with van der Waals surface area (Å²) in [6, 6.07) is 2.83. The van der Waals surface area contributed by atoms with Gasteiger partial charge in [-0.2, -0.15) is 30.9 Å². The summed E-state index contributed by atoms with van der Waals surface area (Å²) in [6.07, 6.45) is -1.03. The van der Waals surface area contributed by atoms with Crippen molar-refractivity contribution >= 4 is 10.2 Å². The van der Waals surface area contributed by atoms with E-state index < -0.39 is 23.0 Å². The molecular weight excluding hydrogens is 415 g/mol. The molecule has 158 valence electrons. The Bertz CT molecular complexity index is 1000. The molecule has 9 nitrogen and oxygen atoms in total. The maximum absolute atomic E-state index is 12.3. The highest BCUT2D eigenvalue weighted by molar-refractivity contribution is 7.86. The summed E-state index contributed by atoms with van der Waals surface area (Å²) < 4.78 is 70.9. The van der Waals surface area contributed by atoms with Crippen LogP contribution in [0.4, 0.5) is 13.2 Å². The zero-order valence-corrected chi connectivity index (χ0v) is 15.9. The number of rotatable bonds is 5. The summed E-state index contributed by atoms with van der Waals surface area (Å²) in [6.45, 7) is -0.743. The Kier molecular flexibility index (Phi) is 4.78. The minimum Gasteiger partial charge on any atom is -0.468 e. The van der Waals surface area contributed by atoms with E-state index in [-0.39, 0.29) is 23.1 Å². The van der Waals surface area contributed by atoms with E-state index in [1.165, 1.54) is 22.6 Å². The summed E-state index contributed by atoms with van der Waals surface area (Å²) in [5.41, 5.74) is 0.330. The average molecular weight is 433 g/mol. The summed E-state index contributed by atoms with van der Waals surface area (Å²) in [5.74, 6) is 0.505. The first kappa shape index (κ1) is 20.0. The molecule has 3 heterocycles. The molecule has 29 heavy (non-hydrogen) atoms. The molecule has 2 fully saturated rings. The SMILES string of the molecule is NS(=O)(=O)N1CCC2(CC1)C[C@H]2c1noc(-c2ccnc(OCC(F)(F)F)c2)n1. The van der Waals surface area contributed by atoms with Crippen LogP contribution in [-0.4, -0.2) is 53.7 Å². The zero-order valence-electron chi connectivity index (χ0n) is 15.1. The van der Waals surface area contributed by atoms with Gasteiger partial charge < -0.3 is 9.26 Å². The number of nitrogens with zero attached hydrogens (tertiary/aromatic N) is 4. The van der Waals surface area contributed by atoms with Crippen LogP contribution in [0.25, 0.3) is 11.5 Å². The van der Waals surface area contributed by atoms with Gasteiger partial charge in [0.15, 0.2) is 12.4 Å². The summed E-state index contributed by atoms with van der Waals surface area (Å²) in [7, 11) is -3.69. The van der Waals surface area contributed by atoms with Crippen molar-refractivity contribution in [2.24, 2.45) is 10.6 Å². The van der Waals surface area contributed by atoms with E-state index in [1.807, 2.05) is 0 Å². The maximum atomic E-state index is 12.3. The second-order valence-electron chi connectivity index (χ2n) is 7.31. The van der Waals surface area contributed by atoms with Crippen LogP contribution in [0, 0.1) is 5.41 Å². The van der Waals surface area contributed by atoms with Crippen LogP contribution < -0.4 is 9.88 Å². The van der Waals surface area contributed by atoms with Gasteiger partial charge in [0.25, 0.3) is 16.1 Å². The quantitative estimate of drug-likeness (QED) is 0.763. The molecule has 1 saturated heterocycles. The number of alkyl halides is 3. The standard InChI is InChI=1S/C16H18F3N5O4S/c17-16(18,19)9-27-12-7-10(1-4-21-12)14-22-13(23-28-14)11-8-15(11)2-5-24(6-3-15)29(20,25)26/h1,4,7,11H,2-3,5-6,8-9H2,(H2,20,25,26)/t11-/m0/s1. The average Bonchev–Trinajstić information content (AvgIpc) is 3.12. The van der Waals surface area contributed by atoms with Gasteiger partial charge in [-0.1, -0.05) is 5.16 Å². The Balaban J connectivity index is 1.43. The van der Waals surface area contributed by atoms with Gasteiger partial charge in [-0.05, 0) is 30.7 Å². The highest BCUT2D eigenvalue weighted by Gasteiger charge is 2.58. The third kappa shape index (κ3) is 4.36. The van der Waals surface area contributed by atoms with Gasteiger partial charge in [0, 0.05) is 36.8 Å². The lowest BCUT2D eigenvalue weighted by atomic mass is 9.92.